The molecule has 3 heteroatoms. The predicted octanol–water partition coefficient (Wildman–Crippen LogP) is 2.93. The van der Waals surface area contributed by atoms with E-state index in [1.54, 1.807) is 12.1 Å². The first-order chi connectivity index (χ1) is 7.84. The van der Waals surface area contributed by atoms with Crippen molar-refractivity contribution in [3.63, 3.8) is 0 Å². The molecule has 0 heterocycles. The van der Waals surface area contributed by atoms with Crippen molar-refractivity contribution in [2.75, 3.05) is 6.61 Å². The van der Waals surface area contributed by atoms with Crippen LogP contribution in [0.25, 0.3) is 0 Å². The van der Waals surface area contributed by atoms with Gasteiger partial charge in [-0.2, -0.15) is 0 Å². The van der Waals surface area contributed by atoms with Crippen molar-refractivity contribution >= 4 is 5.91 Å². The van der Waals surface area contributed by atoms with Crippen LogP contribution in [0.4, 0.5) is 0 Å². The highest BCUT2D eigenvalue weighted by Crippen LogP contribution is 2.00. The van der Waals surface area contributed by atoms with Gasteiger partial charge in [0.2, 0.25) is 0 Å². The molecule has 0 fully saturated rings. The summed E-state index contributed by atoms with van der Waals surface area (Å²) in [4.78, 5) is 16.6. The first-order valence-corrected chi connectivity index (χ1v) is 5.81. The van der Waals surface area contributed by atoms with E-state index in [-0.39, 0.29) is 5.91 Å². The van der Waals surface area contributed by atoms with Crippen LogP contribution in [0.5, 0.6) is 0 Å². The van der Waals surface area contributed by atoms with Gasteiger partial charge in [-0.3, -0.25) is 9.63 Å². The summed E-state index contributed by atoms with van der Waals surface area (Å²) in [6.07, 6.45) is 4.56. The van der Waals surface area contributed by atoms with E-state index in [1.165, 1.54) is 12.8 Å². The van der Waals surface area contributed by atoms with E-state index in [0.29, 0.717) is 12.2 Å². The van der Waals surface area contributed by atoms with Crippen molar-refractivity contribution in [1.82, 2.24) is 5.48 Å². The second-order valence-electron chi connectivity index (χ2n) is 3.71. The Morgan fingerprint density at radius 1 is 1.19 bits per heavy atom. The van der Waals surface area contributed by atoms with Crippen LogP contribution in [-0.2, 0) is 4.84 Å². The molecule has 0 saturated carbocycles. The zero-order valence-corrected chi connectivity index (χ0v) is 9.74. The molecule has 3 nitrogen and oxygen atoms in total. The first kappa shape index (κ1) is 12.7. The standard InChI is InChI=1S/C13H19NO2/c1-2-3-4-8-11-16-14-13(15)12-9-6-5-7-10-12/h5-7,9-10H,2-4,8,11H2,1H3,(H,14,15). The number of hydroxylamine groups is 1. The van der Waals surface area contributed by atoms with Gasteiger partial charge in [0.15, 0.2) is 0 Å². The molecule has 0 aromatic heterocycles. The number of benzene rings is 1. The van der Waals surface area contributed by atoms with Crippen molar-refractivity contribution in [3.05, 3.63) is 35.9 Å². The third-order valence-electron chi connectivity index (χ3n) is 2.30. The number of rotatable bonds is 7. The van der Waals surface area contributed by atoms with Gasteiger partial charge < -0.3 is 0 Å². The summed E-state index contributed by atoms with van der Waals surface area (Å²) in [6, 6.07) is 9.06. The van der Waals surface area contributed by atoms with Gasteiger partial charge in [-0.25, -0.2) is 5.48 Å². The molecule has 16 heavy (non-hydrogen) atoms. The topological polar surface area (TPSA) is 38.3 Å². The zero-order chi connectivity index (χ0) is 11.6. The van der Waals surface area contributed by atoms with Crippen molar-refractivity contribution in [2.24, 2.45) is 0 Å². The Hall–Kier alpha value is -1.35. The van der Waals surface area contributed by atoms with Crippen molar-refractivity contribution in [2.45, 2.75) is 32.6 Å². The van der Waals surface area contributed by atoms with E-state index in [0.717, 1.165) is 12.8 Å². The van der Waals surface area contributed by atoms with Crippen LogP contribution in [-0.4, -0.2) is 12.5 Å². The second kappa shape index (κ2) is 7.88. The number of carbonyl (C=O) groups is 1. The van der Waals surface area contributed by atoms with Gasteiger partial charge in [-0.1, -0.05) is 44.4 Å². The molecule has 1 rings (SSSR count). The number of nitrogens with one attached hydrogen (secondary N) is 1. The number of unbranched alkanes of at least 4 members (excludes halogenated alkanes) is 3. The summed E-state index contributed by atoms with van der Waals surface area (Å²) < 4.78 is 0. The Balaban J connectivity index is 2.12. The van der Waals surface area contributed by atoms with Crippen LogP contribution < -0.4 is 5.48 Å². The molecule has 0 aliphatic rings. The average Bonchev–Trinajstić information content (AvgIpc) is 2.34. The molecule has 1 aromatic carbocycles. The largest absolute Gasteiger partial charge is 0.274 e. The number of hydrogen-bond acceptors (Lipinski definition) is 2. The van der Waals surface area contributed by atoms with Gasteiger partial charge in [0.1, 0.15) is 0 Å². The fourth-order valence-corrected chi connectivity index (χ4v) is 1.37. The number of amides is 1. The summed E-state index contributed by atoms with van der Waals surface area (Å²) in [5, 5.41) is 0. The smallest absolute Gasteiger partial charge is 0.273 e. The molecule has 0 radical (unpaired) electrons. The highest BCUT2D eigenvalue weighted by molar-refractivity contribution is 5.93. The predicted molar refractivity (Wildman–Crippen MR) is 64.0 cm³/mol. The highest BCUT2D eigenvalue weighted by atomic mass is 16.6. The molecule has 1 aromatic rings. The highest BCUT2D eigenvalue weighted by Gasteiger charge is 2.02. The van der Waals surface area contributed by atoms with Crippen LogP contribution >= 0.6 is 0 Å². The average molecular weight is 221 g/mol. The molecule has 0 saturated heterocycles. The minimum Gasteiger partial charge on any atom is -0.273 e. The zero-order valence-electron chi connectivity index (χ0n) is 9.74. The molecule has 0 aliphatic heterocycles. The number of hydrogen-bond donors (Lipinski definition) is 1. The fourth-order valence-electron chi connectivity index (χ4n) is 1.37. The third kappa shape index (κ3) is 4.94. The summed E-state index contributed by atoms with van der Waals surface area (Å²) in [6.45, 7) is 2.75. The Kier molecular flexibility index (Phi) is 6.26. The lowest BCUT2D eigenvalue weighted by molar-refractivity contribution is 0.0297. The van der Waals surface area contributed by atoms with Gasteiger partial charge in [0.25, 0.3) is 5.91 Å². The van der Waals surface area contributed by atoms with Gasteiger partial charge in [-0.05, 0) is 18.6 Å². The molecule has 88 valence electrons. The van der Waals surface area contributed by atoms with Crippen LogP contribution in [0.3, 0.4) is 0 Å². The van der Waals surface area contributed by atoms with Crippen LogP contribution in [0.1, 0.15) is 43.0 Å². The monoisotopic (exact) mass is 221 g/mol. The first-order valence-electron chi connectivity index (χ1n) is 5.81. The number of carbonyl (C=O) groups excluding carboxylic acids is 1. The van der Waals surface area contributed by atoms with E-state index in [9.17, 15) is 4.79 Å². The molecule has 1 N–H and O–H groups in total. The lowest BCUT2D eigenvalue weighted by Crippen LogP contribution is -2.24. The molecule has 1 amide bonds. The van der Waals surface area contributed by atoms with Gasteiger partial charge >= 0.3 is 0 Å². The lowest BCUT2D eigenvalue weighted by Gasteiger charge is -2.05. The molecule has 0 atom stereocenters. The Morgan fingerprint density at radius 2 is 1.94 bits per heavy atom. The Morgan fingerprint density at radius 3 is 2.62 bits per heavy atom. The summed E-state index contributed by atoms with van der Waals surface area (Å²) in [5.74, 6) is -0.184. The maximum Gasteiger partial charge on any atom is 0.274 e. The summed E-state index contributed by atoms with van der Waals surface area (Å²) in [7, 11) is 0. The van der Waals surface area contributed by atoms with E-state index in [1.807, 2.05) is 18.2 Å². The van der Waals surface area contributed by atoms with Crippen LogP contribution in [0, 0.1) is 0 Å². The van der Waals surface area contributed by atoms with Gasteiger partial charge in [-0.15, -0.1) is 0 Å². The third-order valence-corrected chi connectivity index (χ3v) is 2.30. The van der Waals surface area contributed by atoms with Crippen molar-refractivity contribution in [1.29, 1.82) is 0 Å². The lowest BCUT2D eigenvalue weighted by atomic mass is 10.2. The molecule has 0 spiro atoms. The fraction of sp³-hybridized carbons (Fsp3) is 0.462. The second-order valence-corrected chi connectivity index (χ2v) is 3.71. The van der Waals surface area contributed by atoms with Gasteiger partial charge in [0.05, 0.1) is 6.61 Å². The van der Waals surface area contributed by atoms with E-state index in [2.05, 4.69) is 12.4 Å². The SMILES string of the molecule is CCCCCCONC(=O)c1ccccc1. The summed E-state index contributed by atoms with van der Waals surface area (Å²) >= 11 is 0. The normalized spacial score (nSPS) is 10.1. The van der Waals surface area contributed by atoms with E-state index >= 15 is 0 Å². The molecule has 0 aliphatic carbocycles. The van der Waals surface area contributed by atoms with E-state index in [4.69, 9.17) is 4.84 Å². The van der Waals surface area contributed by atoms with Gasteiger partial charge in [0, 0.05) is 5.56 Å². The Bertz CT molecular complexity index is 298. The molecule has 0 unspecified atom stereocenters. The van der Waals surface area contributed by atoms with Crippen molar-refractivity contribution in [3.8, 4) is 0 Å². The molecule has 0 bridgehead atoms. The molecular weight excluding hydrogens is 202 g/mol. The maximum absolute atomic E-state index is 11.5. The van der Waals surface area contributed by atoms with Crippen LogP contribution in [0.15, 0.2) is 30.3 Å². The van der Waals surface area contributed by atoms with Crippen LogP contribution in [0.2, 0.25) is 0 Å². The Labute approximate surface area is 96.8 Å². The van der Waals surface area contributed by atoms with Crippen molar-refractivity contribution < 1.29 is 9.63 Å². The minimum atomic E-state index is -0.184. The molecular formula is C13H19NO2. The maximum atomic E-state index is 11.5. The summed E-state index contributed by atoms with van der Waals surface area (Å²) in [5.41, 5.74) is 3.06. The quantitative estimate of drug-likeness (QED) is 0.568. The van der Waals surface area contributed by atoms with E-state index < -0.39 is 0 Å². The minimum absolute atomic E-state index is 0.184.